The van der Waals surface area contributed by atoms with Crippen molar-refractivity contribution in [2.45, 2.75) is 52.3 Å². The summed E-state index contributed by atoms with van der Waals surface area (Å²) in [7, 11) is 0. The molecule has 17 heteroatoms. The van der Waals surface area contributed by atoms with Crippen molar-refractivity contribution in [3.8, 4) is 16.8 Å². The van der Waals surface area contributed by atoms with Crippen molar-refractivity contribution in [1.29, 1.82) is 0 Å². The Bertz CT molecular complexity index is 2360. The first-order valence-corrected chi connectivity index (χ1v) is 18.9. The summed E-state index contributed by atoms with van der Waals surface area (Å²) < 4.78 is 44.0. The highest BCUT2D eigenvalue weighted by atomic mass is 35.5. The minimum atomic E-state index is -5.37. The van der Waals surface area contributed by atoms with Crippen LogP contribution in [-0.4, -0.2) is 92.9 Å². The van der Waals surface area contributed by atoms with Crippen LogP contribution >= 0.6 is 22.9 Å². The van der Waals surface area contributed by atoms with E-state index in [1.807, 2.05) is 40.7 Å². The number of carbonyl (C=O) groups excluding carboxylic acids is 4. The number of aryl methyl sites for hydroxylation is 2. The van der Waals surface area contributed by atoms with Gasteiger partial charge in [-0.2, -0.15) is 13.2 Å². The molecule has 12 nitrogen and oxygen atoms in total. The molecule has 2 fully saturated rings. The van der Waals surface area contributed by atoms with E-state index in [1.54, 1.807) is 16.2 Å². The number of hydrogen-bond donors (Lipinski definition) is 1. The second-order valence-electron chi connectivity index (χ2n) is 14.1. The van der Waals surface area contributed by atoms with Gasteiger partial charge in [-0.25, -0.2) is 9.59 Å². The largest absolute Gasteiger partial charge is 0.491 e. The number of ether oxygens (including phenoxy) is 1. The molecule has 290 valence electrons. The van der Waals surface area contributed by atoms with E-state index in [0.29, 0.717) is 55.7 Å². The van der Waals surface area contributed by atoms with E-state index in [9.17, 15) is 32.3 Å². The van der Waals surface area contributed by atoms with Crippen molar-refractivity contribution < 1.29 is 37.1 Å². The standard InChI is InChI=1S/C39H35ClF3N7O5S/c1-21-22(2)56-35-31(21)32(24-6-9-27(40)10-7-24)45-29(33-47-46-23(3)50(33)35)18-30(51)49-19-38(20-49)12-15-48(16-13-38)34(52)26-8-11-28(25(17-26)5-4-14-44)36(53)55-37(54)39(41,42)43/h6-11,17,29H,12-16,18-20,44H2,1-3H3/t29-/m0/s1. The summed E-state index contributed by atoms with van der Waals surface area (Å²) in [6.45, 7) is 7.75. The number of benzene rings is 2. The number of nitrogens with zero attached hydrogens (tertiary/aromatic N) is 6. The highest BCUT2D eigenvalue weighted by Crippen LogP contribution is 2.43. The average molecular weight is 806 g/mol. The number of amides is 2. The molecular formula is C39H35ClF3N7O5S. The van der Waals surface area contributed by atoms with Crippen LogP contribution in [0, 0.1) is 38.0 Å². The van der Waals surface area contributed by atoms with Gasteiger partial charge in [-0.1, -0.05) is 35.6 Å². The van der Waals surface area contributed by atoms with Gasteiger partial charge in [-0.05, 0) is 69.5 Å². The van der Waals surface area contributed by atoms with E-state index < -0.39 is 29.7 Å². The van der Waals surface area contributed by atoms with E-state index in [-0.39, 0.29) is 41.3 Å². The van der Waals surface area contributed by atoms with Crippen LogP contribution < -0.4 is 5.73 Å². The predicted octanol–water partition coefficient (Wildman–Crippen LogP) is 5.51. The molecule has 3 aliphatic heterocycles. The van der Waals surface area contributed by atoms with E-state index in [0.717, 1.165) is 38.3 Å². The number of fused-ring (bicyclic) bond motifs is 3. The first-order chi connectivity index (χ1) is 26.6. The second-order valence-corrected chi connectivity index (χ2v) is 15.7. The number of alkyl halides is 3. The summed E-state index contributed by atoms with van der Waals surface area (Å²) in [5.74, 6) is 1.73. The molecule has 2 aromatic carbocycles. The van der Waals surface area contributed by atoms with Crippen LogP contribution in [0.2, 0.25) is 5.02 Å². The van der Waals surface area contributed by atoms with Crippen molar-refractivity contribution in [2.75, 3.05) is 32.7 Å². The van der Waals surface area contributed by atoms with Crippen molar-refractivity contribution in [2.24, 2.45) is 16.1 Å². The number of halogens is 4. The van der Waals surface area contributed by atoms with Crippen LogP contribution in [-0.2, 0) is 14.3 Å². The van der Waals surface area contributed by atoms with E-state index >= 15 is 0 Å². The van der Waals surface area contributed by atoms with E-state index in [2.05, 4.69) is 40.6 Å². The number of rotatable bonds is 5. The third-order valence-electron chi connectivity index (χ3n) is 10.5. The third kappa shape index (κ3) is 7.34. The Kier molecular flexibility index (Phi) is 10.4. The summed E-state index contributed by atoms with van der Waals surface area (Å²) in [6.07, 6.45) is -4.00. The minimum absolute atomic E-state index is 0.0645. The van der Waals surface area contributed by atoms with Gasteiger partial charge in [0.25, 0.3) is 5.91 Å². The van der Waals surface area contributed by atoms with Crippen molar-refractivity contribution in [3.63, 3.8) is 0 Å². The number of aromatic nitrogens is 3. The zero-order valence-corrected chi connectivity index (χ0v) is 32.1. The van der Waals surface area contributed by atoms with Gasteiger partial charge < -0.3 is 20.3 Å². The predicted molar refractivity (Wildman–Crippen MR) is 201 cm³/mol. The summed E-state index contributed by atoms with van der Waals surface area (Å²) >= 11 is 7.87. The smallest absolute Gasteiger partial charge is 0.383 e. The fourth-order valence-corrected chi connectivity index (χ4v) is 8.69. The van der Waals surface area contributed by atoms with Gasteiger partial charge in [0.1, 0.15) is 16.9 Å². The Morgan fingerprint density at radius 1 is 1.02 bits per heavy atom. The minimum Gasteiger partial charge on any atom is -0.383 e. The van der Waals surface area contributed by atoms with Gasteiger partial charge in [0.15, 0.2) is 5.82 Å². The highest BCUT2D eigenvalue weighted by Gasteiger charge is 2.48. The molecule has 0 unspecified atom stereocenters. The number of esters is 2. The van der Waals surface area contributed by atoms with E-state index in [1.165, 1.54) is 12.1 Å². The highest BCUT2D eigenvalue weighted by molar-refractivity contribution is 7.15. The summed E-state index contributed by atoms with van der Waals surface area (Å²) in [5.41, 5.74) is 8.64. The maximum absolute atomic E-state index is 13.9. The van der Waals surface area contributed by atoms with Crippen LogP contribution in [0.15, 0.2) is 47.5 Å². The zero-order chi connectivity index (χ0) is 40.1. The van der Waals surface area contributed by atoms with Gasteiger partial charge in [0, 0.05) is 63.7 Å². The molecule has 0 saturated carbocycles. The fourth-order valence-electron chi connectivity index (χ4n) is 7.35. The van der Waals surface area contributed by atoms with Crippen molar-refractivity contribution >= 4 is 52.4 Å². The van der Waals surface area contributed by atoms with E-state index in [4.69, 9.17) is 22.3 Å². The summed E-state index contributed by atoms with van der Waals surface area (Å²) in [6, 6.07) is 10.5. The molecular weight excluding hydrogens is 771 g/mol. The van der Waals surface area contributed by atoms with Crippen molar-refractivity contribution in [1.82, 2.24) is 24.6 Å². The van der Waals surface area contributed by atoms with Gasteiger partial charge in [-0.15, -0.1) is 21.5 Å². The van der Waals surface area contributed by atoms with Gasteiger partial charge >= 0.3 is 18.1 Å². The number of piperidine rings is 1. The topological polar surface area (TPSA) is 153 Å². The number of hydrogen-bond acceptors (Lipinski definition) is 10. The Labute approximate surface area is 328 Å². The first kappa shape index (κ1) is 38.9. The molecule has 3 aliphatic rings. The maximum Gasteiger partial charge on any atom is 0.491 e. The molecule has 0 radical (unpaired) electrons. The first-order valence-electron chi connectivity index (χ1n) is 17.7. The summed E-state index contributed by atoms with van der Waals surface area (Å²) in [5, 5.41) is 10.5. The fraction of sp³-hybridized carbons (Fsp3) is 0.359. The lowest BCUT2D eigenvalue weighted by Crippen LogP contribution is -2.62. The Morgan fingerprint density at radius 3 is 2.38 bits per heavy atom. The van der Waals surface area contributed by atoms with Crippen LogP contribution in [0.3, 0.4) is 0 Å². The Hall–Kier alpha value is -5.37. The zero-order valence-electron chi connectivity index (χ0n) is 30.5. The molecule has 1 atom stereocenters. The number of aliphatic imine (C=N–C) groups is 1. The van der Waals surface area contributed by atoms with Crippen LogP contribution in [0.4, 0.5) is 13.2 Å². The molecule has 1 spiro atoms. The van der Waals surface area contributed by atoms with Gasteiger partial charge in [0.05, 0.1) is 24.2 Å². The molecule has 56 heavy (non-hydrogen) atoms. The van der Waals surface area contributed by atoms with Gasteiger partial charge in [0.2, 0.25) is 5.91 Å². The number of likely N-dealkylation sites (tertiary alicyclic amines) is 2. The molecule has 2 N–H and O–H groups in total. The molecule has 4 aromatic rings. The molecule has 2 amide bonds. The summed E-state index contributed by atoms with van der Waals surface area (Å²) in [4.78, 5) is 60.9. The number of nitrogens with two attached hydrogens (primary N) is 1. The normalized spacial score (nSPS) is 17.1. The van der Waals surface area contributed by atoms with Crippen LogP contribution in [0.1, 0.15) is 84.8 Å². The number of thiophene rings is 1. The van der Waals surface area contributed by atoms with Crippen LogP contribution in [0.25, 0.3) is 5.00 Å². The molecule has 2 saturated heterocycles. The lowest BCUT2D eigenvalue weighted by molar-refractivity contribution is -0.193. The molecule has 0 bridgehead atoms. The average Bonchev–Trinajstić information content (AvgIpc) is 3.63. The SMILES string of the molecule is Cc1sc2c(c1C)C(c1ccc(Cl)cc1)=N[C@@H](CC(=O)N1CC3(CCN(C(=O)c4ccc(C(=O)OC(=O)C(F)(F)F)c(C#CCN)c4)CC3)C1)c1nnc(C)n1-2. The molecule has 0 aliphatic carbocycles. The quantitative estimate of drug-likeness (QED) is 0.158. The molecule has 7 rings (SSSR count). The third-order valence-corrected chi connectivity index (χ3v) is 11.9. The monoisotopic (exact) mass is 805 g/mol. The van der Waals surface area contributed by atoms with Gasteiger partial charge in [-0.3, -0.25) is 19.1 Å². The second kappa shape index (κ2) is 14.9. The lowest BCUT2D eigenvalue weighted by Gasteiger charge is -2.54. The molecule has 2 aromatic heterocycles. The maximum atomic E-state index is 13.9. The number of carbonyl (C=O) groups is 4. The van der Waals surface area contributed by atoms with Crippen LogP contribution in [0.5, 0.6) is 0 Å². The van der Waals surface area contributed by atoms with Crippen molar-refractivity contribution in [3.05, 3.63) is 97.4 Å². The Morgan fingerprint density at radius 2 is 1.71 bits per heavy atom. The molecule has 5 heterocycles. The lowest BCUT2D eigenvalue weighted by atomic mass is 9.71. The Balaban J connectivity index is 1.03.